The smallest absolute Gasteiger partial charge is 0.255 e. The van der Waals surface area contributed by atoms with E-state index in [-0.39, 0.29) is 17.7 Å². The van der Waals surface area contributed by atoms with E-state index in [0.29, 0.717) is 25.3 Å². The second-order valence-electron chi connectivity index (χ2n) is 7.81. The van der Waals surface area contributed by atoms with Gasteiger partial charge in [-0.25, -0.2) is 0 Å². The van der Waals surface area contributed by atoms with Gasteiger partial charge in [-0.1, -0.05) is 32.9 Å². The Bertz CT molecular complexity index is 856. The molecule has 1 fully saturated rings. The van der Waals surface area contributed by atoms with E-state index in [1.165, 1.54) is 0 Å². The first-order valence-electron chi connectivity index (χ1n) is 10.7. The fraction of sp³-hybridized carbons (Fsp3) is 0.417. The molecular formula is C24H31N3O3. The third-order valence-electron chi connectivity index (χ3n) is 5.17. The number of piperazine rings is 1. The largest absolute Gasteiger partial charge is 0.494 e. The lowest BCUT2D eigenvalue weighted by molar-refractivity contribution is -0.134. The molecule has 1 saturated heterocycles. The van der Waals surface area contributed by atoms with E-state index in [0.717, 1.165) is 36.6 Å². The number of benzene rings is 2. The maximum Gasteiger partial charge on any atom is 0.255 e. The van der Waals surface area contributed by atoms with Crippen LogP contribution in [0, 0.1) is 5.92 Å². The minimum absolute atomic E-state index is 0.0156. The summed E-state index contributed by atoms with van der Waals surface area (Å²) in [4.78, 5) is 29.1. The van der Waals surface area contributed by atoms with Crippen LogP contribution >= 0.6 is 0 Å². The minimum Gasteiger partial charge on any atom is -0.494 e. The predicted octanol–water partition coefficient (Wildman–Crippen LogP) is 4.03. The van der Waals surface area contributed by atoms with E-state index in [9.17, 15) is 9.59 Å². The lowest BCUT2D eigenvalue weighted by Crippen LogP contribution is -2.50. The molecule has 0 unspecified atom stereocenters. The van der Waals surface area contributed by atoms with Gasteiger partial charge in [-0.2, -0.15) is 0 Å². The van der Waals surface area contributed by atoms with E-state index in [4.69, 9.17) is 4.74 Å². The monoisotopic (exact) mass is 409 g/mol. The number of amides is 2. The topological polar surface area (TPSA) is 61.9 Å². The number of rotatable bonds is 7. The molecule has 2 amide bonds. The molecule has 1 aliphatic heterocycles. The summed E-state index contributed by atoms with van der Waals surface area (Å²) < 4.78 is 5.58. The minimum atomic E-state index is -0.155. The van der Waals surface area contributed by atoms with Crippen LogP contribution in [0.4, 0.5) is 11.4 Å². The summed E-state index contributed by atoms with van der Waals surface area (Å²) in [7, 11) is 0. The zero-order valence-corrected chi connectivity index (χ0v) is 18.1. The van der Waals surface area contributed by atoms with Gasteiger partial charge < -0.3 is 19.9 Å². The molecule has 0 aromatic heterocycles. The van der Waals surface area contributed by atoms with Crippen LogP contribution in [0.1, 0.15) is 37.6 Å². The fourth-order valence-corrected chi connectivity index (χ4v) is 3.50. The van der Waals surface area contributed by atoms with Crippen molar-refractivity contribution in [1.29, 1.82) is 0 Å². The van der Waals surface area contributed by atoms with Crippen LogP contribution in [0.5, 0.6) is 5.75 Å². The standard InChI is InChI=1S/C24H31N3O3/c1-4-17-30-20-11-9-19(10-12-20)23(28)25-21-7-5-6-8-22(21)26-13-15-27(16-14-26)24(29)18(2)3/h5-12,18H,4,13-17H2,1-3H3,(H,25,28). The van der Waals surface area contributed by atoms with Crippen molar-refractivity contribution in [3.8, 4) is 5.75 Å². The molecule has 3 rings (SSSR count). The highest BCUT2D eigenvalue weighted by atomic mass is 16.5. The number of hydrogen-bond donors (Lipinski definition) is 1. The molecule has 0 radical (unpaired) electrons. The van der Waals surface area contributed by atoms with Gasteiger partial charge in [-0.05, 0) is 42.8 Å². The van der Waals surface area contributed by atoms with Crippen LogP contribution in [0.3, 0.4) is 0 Å². The maximum atomic E-state index is 12.8. The van der Waals surface area contributed by atoms with Crippen molar-refractivity contribution in [2.45, 2.75) is 27.2 Å². The number of carbonyl (C=O) groups is 2. The van der Waals surface area contributed by atoms with Gasteiger partial charge in [0.1, 0.15) is 5.75 Å². The molecule has 1 aliphatic rings. The van der Waals surface area contributed by atoms with Gasteiger partial charge in [0.05, 0.1) is 18.0 Å². The van der Waals surface area contributed by atoms with Crippen molar-refractivity contribution in [2.24, 2.45) is 5.92 Å². The van der Waals surface area contributed by atoms with Crippen molar-refractivity contribution in [1.82, 2.24) is 4.90 Å². The molecule has 0 bridgehead atoms. The fourth-order valence-electron chi connectivity index (χ4n) is 3.50. The van der Waals surface area contributed by atoms with E-state index >= 15 is 0 Å². The third-order valence-corrected chi connectivity index (χ3v) is 5.17. The quantitative estimate of drug-likeness (QED) is 0.750. The molecule has 0 saturated carbocycles. The van der Waals surface area contributed by atoms with E-state index in [2.05, 4.69) is 17.1 Å². The Labute approximate surface area is 178 Å². The highest BCUT2D eigenvalue weighted by Crippen LogP contribution is 2.27. The second kappa shape index (κ2) is 10.1. The normalized spacial score (nSPS) is 14.0. The third kappa shape index (κ3) is 5.32. The molecule has 2 aromatic carbocycles. The lowest BCUT2D eigenvalue weighted by Gasteiger charge is -2.37. The number of carbonyl (C=O) groups excluding carboxylic acids is 2. The first kappa shape index (κ1) is 21.7. The van der Waals surface area contributed by atoms with Gasteiger partial charge in [0.15, 0.2) is 0 Å². The number of nitrogens with one attached hydrogen (secondary N) is 1. The van der Waals surface area contributed by atoms with Gasteiger partial charge >= 0.3 is 0 Å². The Balaban J connectivity index is 1.66. The first-order chi connectivity index (χ1) is 14.5. The summed E-state index contributed by atoms with van der Waals surface area (Å²) >= 11 is 0. The van der Waals surface area contributed by atoms with Crippen molar-refractivity contribution in [2.75, 3.05) is 43.0 Å². The van der Waals surface area contributed by atoms with Gasteiger partial charge in [-0.3, -0.25) is 9.59 Å². The summed E-state index contributed by atoms with van der Waals surface area (Å²) in [5.74, 6) is 0.824. The number of hydrogen-bond acceptors (Lipinski definition) is 4. The Morgan fingerprint density at radius 2 is 1.67 bits per heavy atom. The maximum absolute atomic E-state index is 12.8. The van der Waals surface area contributed by atoms with Crippen LogP contribution in [-0.2, 0) is 4.79 Å². The SMILES string of the molecule is CCCOc1ccc(C(=O)Nc2ccccc2N2CCN(C(=O)C(C)C)CC2)cc1. The Hall–Kier alpha value is -3.02. The highest BCUT2D eigenvalue weighted by molar-refractivity contribution is 6.06. The summed E-state index contributed by atoms with van der Waals surface area (Å²) in [6.07, 6.45) is 0.943. The summed E-state index contributed by atoms with van der Waals surface area (Å²) in [5, 5.41) is 3.04. The van der Waals surface area contributed by atoms with Gasteiger partial charge in [0, 0.05) is 37.7 Å². The second-order valence-corrected chi connectivity index (χ2v) is 7.81. The summed E-state index contributed by atoms with van der Waals surface area (Å²) in [5.41, 5.74) is 2.34. The average molecular weight is 410 g/mol. The van der Waals surface area contributed by atoms with Crippen molar-refractivity contribution in [3.63, 3.8) is 0 Å². The first-order valence-corrected chi connectivity index (χ1v) is 10.7. The van der Waals surface area contributed by atoms with E-state index < -0.39 is 0 Å². The zero-order valence-electron chi connectivity index (χ0n) is 18.1. The van der Waals surface area contributed by atoms with Crippen LogP contribution in [-0.4, -0.2) is 49.5 Å². The molecule has 160 valence electrons. The number of para-hydroxylation sites is 2. The van der Waals surface area contributed by atoms with Crippen molar-refractivity contribution >= 4 is 23.2 Å². The van der Waals surface area contributed by atoms with E-state index in [1.807, 2.05) is 55.1 Å². The molecule has 1 N–H and O–H groups in total. The zero-order chi connectivity index (χ0) is 21.5. The van der Waals surface area contributed by atoms with Crippen molar-refractivity contribution in [3.05, 3.63) is 54.1 Å². The van der Waals surface area contributed by atoms with Crippen LogP contribution in [0.25, 0.3) is 0 Å². The Morgan fingerprint density at radius 3 is 2.30 bits per heavy atom. The van der Waals surface area contributed by atoms with E-state index in [1.54, 1.807) is 12.1 Å². The van der Waals surface area contributed by atoms with Crippen molar-refractivity contribution < 1.29 is 14.3 Å². The molecular weight excluding hydrogens is 378 g/mol. The molecule has 0 spiro atoms. The molecule has 2 aromatic rings. The molecule has 6 nitrogen and oxygen atoms in total. The Morgan fingerprint density at radius 1 is 1.00 bits per heavy atom. The summed E-state index contributed by atoms with van der Waals surface area (Å²) in [6.45, 7) is 9.46. The number of ether oxygens (including phenoxy) is 1. The Kier molecular flexibility index (Phi) is 7.33. The van der Waals surface area contributed by atoms with Crippen LogP contribution in [0.15, 0.2) is 48.5 Å². The predicted molar refractivity (Wildman–Crippen MR) is 120 cm³/mol. The molecule has 30 heavy (non-hydrogen) atoms. The number of anilines is 2. The highest BCUT2D eigenvalue weighted by Gasteiger charge is 2.24. The molecule has 0 aliphatic carbocycles. The summed E-state index contributed by atoms with van der Waals surface area (Å²) in [6, 6.07) is 15.0. The van der Waals surface area contributed by atoms with Gasteiger partial charge in [0.25, 0.3) is 5.91 Å². The van der Waals surface area contributed by atoms with Gasteiger partial charge in [0.2, 0.25) is 5.91 Å². The van der Waals surface area contributed by atoms with Gasteiger partial charge in [-0.15, -0.1) is 0 Å². The average Bonchev–Trinajstić information content (AvgIpc) is 2.78. The lowest BCUT2D eigenvalue weighted by atomic mass is 10.1. The molecule has 1 heterocycles. The van der Waals surface area contributed by atoms with Crippen LogP contribution in [0.2, 0.25) is 0 Å². The van der Waals surface area contributed by atoms with Crippen LogP contribution < -0.4 is 15.0 Å². The number of nitrogens with zero attached hydrogens (tertiary/aromatic N) is 2. The molecule has 0 atom stereocenters. The molecule has 6 heteroatoms.